The Hall–Kier alpha value is -4.05. The molecule has 0 radical (unpaired) electrons. The van der Waals surface area contributed by atoms with Crippen LogP contribution in [0.2, 0.25) is 0 Å². The second-order valence-electron chi connectivity index (χ2n) is 27.3. The van der Waals surface area contributed by atoms with Gasteiger partial charge in [0, 0.05) is 12.8 Å². The van der Waals surface area contributed by atoms with E-state index in [9.17, 15) is 19.5 Å². The number of hydrogen-bond donors (Lipinski definition) is 0. The molecule has 93 heavy (non-hydrogen) atoms. The molecule has 0 heterocycles. The lowest BCUT2D eigenvalue weighted by atomic mass is 10.0. The molecule has 536 valence electrons. The second-order valence-corrected chi connectivity index (χ2v) is 27.3. The molecule has 2 unspecified atom stereocenters. The first-order valence-corrected chi connectivity index (χ1v) is 39.0. The van der Waals surface area contributed by atoms with Gasteiger partial charge in [0.1, 0.15) is 13.2 Å². The lowest BCUT2D eigenvalue weighted by Gasteiger charge is -2.26. The maximum absolute atomic E-state index is 13.0. The number of allylic oxidation sites excluding steroid dienone is 18. The molecule has 2 atom stereocenters. The van der Waals surface area contributed by atoms with Crippen molar-refractivity contribution >= 4 is 17.9 Å². The summed E-state index contributed by atoms with van der Waals surface area (Å²) in [5.74, 6) is -2.28. The largest absolute Gasteiger partial charge is 0.545 e. The molecule has 9 heteroatoms. The average molecular weight is 1300 g/mol. The number of aliphatic carboxylic acids is 1. The van der Waals surface area contributed by atoms with Crippen molar-refractivity contribution in [2.75, 3.05) is 47.5 Å². The van der Waals surface area contributed by atoms with E-state index in [0.717, 1.165) is 96.3 Å². The first-order valence-electron chi connectivity index (χ1n) is 39.0. The zero-order chi connectivity index (χ0) is 67.5. The number of carboxylic acid groups (broad SMARTS) is 1. The van der Waals surface area contributed by atoms with E-state index < -0.39 is 24.3 Å². The number of rotatable bonds is 72. The van der Waals surface area contributed by atoms with Crippen LogP contribution in [0.3, 0.4) is 0 Å². The normalized spacial score (nSPS) is 13.3. The van der Waals surface area contributed by atoms with Gasteiger partial charge in [0.15, 0.2) is 12.4 Å². The minimum Gasteiger partial charge on any atom is -0.545 e. The quantitative estimate of drug-likeness (QED) is 0.0195. The lowest BCUT2D eigenvalue weighted by molar-refractivity contribution is -0.870. The van der Waals surface area contributed by atoms with Crippen LogP contribution in [0.5, 0.6) is 0 Å². The molecule has 0 aliphatic heterocycles. The molecule has 0 aromatic carbocycles. The van der Waals surface area contributed by atoms with Crippen LogP contribution in [0.1, 0.15) is 348 Å². The standard InChI is InChI=1S/C84H147NO8/c1-6-8-10-12-14-16-18-20-22-24-26-28-30-32-34-36-38-39-40-41-42-43-45-46-48-50-52-54-56-58-60-62-64-66-68-70-72-74-81(86)91-78-80(79-92-84(83(88)89)90-77-76-85(3,4)5)93-82(87)75-73-71-69-67-65-63-61-59-57-55-53-51-49-47-44-37-35-33-31-29-27-25-23-21-19-17-15-13-11-9-7-2/h9,11,15,17-18,20-21,23-24,26-27,29,33,35,44,47,51,53,80,84H,6-8,10,12-14,16,19,22,25,28,30-32,34,36-43,45-46,48-50,52,54-79H2,1-5H3/b11-9-,17-15-,20-18-,23-21-,26-24-,29-27-,35-33-,47-44-,53-51-. The van der Waals surface area contributed by atoms with Gasteiger partial charge in [-0.1, -0.05) is 342 Å². The van der Waals surface area contributed by atoms with Crippen molar-refractivity contribution < 1.29 is 42.9 Å². The van der Waals surface area contributed by atoms with Crippen molar-refractivity contribution in [3.8, 4) is 0 Å². The summed E-state index contributed by atoms with van der Waals surface area (Å²) in [6.07, 6.45) is 101. The van der Waals surface area contributed by atoms with E-state index in [1.165, 1.54) is 218 Å². The third kappa shape index (κ3) is 75.2. The van der Waals surface area contributed by atoms with Gasteiger partial charge < -0.3 is 33.3 Å². The summed E-state index contributed by atoms with van der Waals surface area (Å²) >= 11 is 0. The Bertz CT molecular complexity index is 1900. The highest BCUT2D eigenvalue weighted by Crippen LogP contribution is 2.18. The summed E-state index contributed by atoms with van der Waals surface area (Å²) in [5, 5.41) is 11.9. The Morgan fingerprint density at radius 3 is 0.914 bits per heavy atom. The predicted molar refractivity (Wildman–Crippen MR) is 398 cm³/mol. The first kappa shape index (κ1) is 89.0. The number of carbonyl (C=O) groups is 3. The number of hydrogen-bond acceptors (Lipinski definition) is 8. The number of likely N-dealkylation sites (N-methyl/N-ethyl adjacent to an activating group) is 1. The van der Waals surface area contributed by atoms with Crippen LogP contribution in [-0.2, 0) is 33.3 Å². The minimum absolute atomic E-state index is 0.143. The maximum atomic E-state index is 13.0. The van der Waals surface area contributed by atoms with Crippen molar-refractivity contribution in [1.82, 2.24) is 0 Å². The van der Waals surface area contributed by atoms with E-state index in [0.29, 0.717) is 23.9 Å². The zero-order valence-electron chi connectivity index (χ0n) is 61.4. The van der Waals surface area contributed by atoms with E-state index >= 15 is 0 Å². The van der Waals surface area contributed by atoms with Crippen molar-refractivity contribution in [2.45, 2.75) is 360 Å². The van der Waals surface area contributed by atoms with Crippen LogP contribution >= 0.6 is 0 Å². The molecule has 0 aliphatic rings. The van der Waals surface area contributed by atoms with Crippen LogP contribution < -0.4 is 5.11 Å². The molecular formula is C84H147NO8. The number of quaternary nitrogens is 1. The molecule has 0 N–H and O–H groups in total. The highest BCUT2D eigenvalue weighted by Gasteiger charge is 2.22. The van der Waals surface area contributed by atoms with Crippen LogP contribution in [0.15, 0.2) is 109 Å². The molecule has 0 rings (SSSR count). The second kappa shape index (κ2) is 73.8. The Morgan fingerprint density at radius 2 is 0.613 bits per heavy atom. The molecule has 0 aromatic rings. The molecule has 0 fully saturated rings. The number of carboxylic acids is 1. The smallest absolute Gasteiger partial charge is 0.306 e. The van der Waals surface area contributed by atoms with Crippen molar-refractivity contribution in [3.05, 3.63) is 109 Å². The van der Waals surface area contributed by atoms with Gasteiger partial charge in [-0.3, -0.25) is 9.59 Å². The van der Waals surface area contributed by atoms with Crippen LogP contribution in [-0.4, -0.2) is 82.3 Å². The summed E-state index contributed by atoms with van der Waals surface area (Å²) in [7, 11) is 5.93. The van der Waals surface area contributed by atoms with Gasteiger partial charge in [0.25, 0.3) is 0 Å². The van der Waals surface area contributed by atoms with Gasteiger partial charge in [-0.05, 0) is 103 Å². The van der Waals surface area contributed by atoms with Gasteiger partial charge in [0.05, 0.1) is 40.3 Å². The summed E-state index contributed by atoms with van der Waals surface area (Å²) in [6.45, 7) is 4.65. The van der Waals surface area contributed by atoms with Gasteiger partial charge in [-0.15, -0.1) is 0 Å². The SMILES string of the molecule is CC/C=C\C/C=C\C/C=C\C/C=C\C/C=C\C/C=C\C/C=C\CCCCCCCCCCCC(=O)OC(COC(=O)CCCCCCCCCCCCCCCCCCCCCCCCCCC/C=C\C/C=C\CCCCCCC)COC(OCC[N+](C)(C)C)C(=O)[O-]. The highest BCUT2D eigenvalue weighted by atomic mass is 16.7. The fourth-order valence-corrected chi connectivity index (χ4v) is 11.1. The Balaban J connectivity index is 4.04. The molecule has 0 bridgehead atoms. The molecular weight excluding hydrogens is 1150 g/mol. The van der Waals surface area contributed by atoms with Gasteiger partial charge in [0.2, 0.25) is 0 Å². The number of nitrogens with zero attached hydrogens (tertiary/aromatic N) is 1. The van der Waals surface area contributed by atoms with E-state index in [1.54, 1.807) is 0 Å². The number of carbonyl (C=O) groups excluding carboxylic acids is 3. The Labute approximate surface area is 575 Å². The molecule has 0 aliphatic carbocycles. The summed E-state index contributed by atoms with van der Waals surface area (Å²) in [4.78, 5) is 37.6. The summed E-state index contributed by atoms with van der Waals surface area (Å²) < 4.78 is 22.8. The van der Waals surface area contributed by atoms with Gasteiger partial charge in [-0.2, -0.15) is 0 Å². The van der Waals surface area contributed by atoms with E-state index in [2.05, 4.69) is 123 Å². The van der Waals surface area contributed by atoms with Crippen LogP contribution in [0.4, 0.5) is 0 Å². The van der Waals surface area contributed by atoms with Gasteiger partial charge in [-0.25, -0.2) is 0 Å². The van der Waals surface area contributed by atoms with Gasteiger partial charge >= 0.3 is 11.9 Å². The molecule has 9 nitrogen and oxygen atoms in total. The molecule has 0 spiro atoms. The van der Waals surface area contributed by atoms with Crippen molar-refractivity contribution in [3.63, 3.8) is 0 Å². The fraction of sp³-hybridized carbons (Fsp3) is 0.750. The minimum atomic E-state index is -1.63. The van der Waals surface area contributed by atoms with Crippen molar-refractivity contribution in [2.24, 2.45) is 0 Å². The molecule has 0 saturated carbocycles. The van der Waals surface area contributed by atoms with Crippen LogP contribution in [0, 0.1) is 0 Å². The zero-order valence-corrected chi connectivity index (χ0v) is 61.4. The number of esters is 2. The third-order valence-electron chi connectivity index (χ3n) is 17.0. The molecule has 0 aromatic heterocycles. The number of unbranched alkanes of at least 4 members (excludes halogenated alkanes) is 39. The summed E-state index contributed by atoms with van der Waals surface area (Å²) in [5.41, 5.74) is 0. The maximum Gasteiger partial charge on any atom is 0.306 e. The lowest BCUT2D eigenvalue weighted by Crippen LogP contribution is -2.44. The van der Waals surface area contributed by atoms with Crippen molar-refractivity contribution in [1.29, 1.82) is 0 Å². The topological polar surface area (TPSA) is 111 Å². The average Bonchev–Trinajstić information content (AvgIpc) is 3.38. The molecule has 0 saturated heterocycles. The highest BCUT2D eigenvalue weighted by molar-refractivity contribution is 5.70. The monoisotopic (exact) mass is 1300 g/mol. The van der Waals surface area contributed by atoms with E-state index in [-0.39, 0.29) is 32.2 Å². The third-order valence-corrected chi connectivity index (χ3v) is 17.0. The fourth-order valence-electron chi connectivity index (χ4n) is 11.1. The van der Waals surface area contributed by atoms with Crippen LogP contribution in [0.25, 0.3) is 0 Å². The first-order chi connectivity index (χ1) is 45.6. The number of ether oxygens (including phenoxy) is 4. The Kier molecular flexibility index (Phi) is 70.5. The van der Waals surface area contributed by atoms with E-state index in [1.807, 2.05) is 21.1 Å². The van der Waals surface area contributed by atoms with E-state index in [4.69, 9.17) is 18.9 Å². The molecule has 0 amide bonds. The Morgan fingerprint density at radius 1 is 0.333 bits per heavy atom. The predicted octanol–water partition coefficient (Wildman–Crippen LogP) is 23.6. The summed E-state index contributed by atoms with van der Waals surface area (Å²) in [6, 6.07) is 0.